The monoisotopic (exact) mass is 353 g/mol. The minimum atomic E-state index is 0.102. The molecule has 1 unspecified atom stereocenters. The summed E-state index contributed by atoms with van der Waals surface area (Å²) in [5, 5.41) is 0. The van der Waals surface area contributed by atoms with Gasteiger partial charge in [0.15, 0.2) is 0 Å². The normalized spacial score (nSPS) is 14.8. The van der Waals surface area contributed by atoms with Crippen molar-refractivity contribution in [2.75, 3.05) is 6.61 Å². The lowest BCUT2D eigenvalue weighted by molar-refractivity contribution is 0.350. The molecule has 0 amide bonds. The lowest BCUT2D eigenvalue weighted by Crippen LogP contribution is -2.11. The van der Waals surface area contributed by atoms with E-state index in [2.05, 4.69) is 35.0 Å². The number of benzene rings is 1. The molecule has 3 heteroatoms. The molecule has 118 valence electrons. The van der Waals surface area contributed by atoms with Crippen LogP contribution in [0.2, 0.25) is 0 Å². The molecule has 0 saturated carbocycles. The average molecular weight is 354 g/mol. The van der Waals surface area contributed by atoms with Crippen LogP contribution >= 0.6 is 15.9 Å². The van der Waals surface area contributed by atoms with E-state index in [1.165, 1.54) is 56.1 Å². The second kappa shape index (κ2) is 8.79. The Morgan fingerprint density at radius 2 is 1.86 bits per heavy atom. The van der Waals surface area contributed by atoms with E-state index in [-0.39, 0.29) is 6.04 Å². The van der Waals surface area contributed by atoms with E-state index < -0.39 is 0 Å². The molecular formula is C18H28BrNO. The van der Waals surface area contributed by atoms with Gasteiger partial charge in [-0.25, -0.2) is 0 Å². The Morgan fingerprint density at radius 1 is 1.14 bits per heavy atom. The van der Waals surface area contributed by atoms with Crippen LogP contribution in [0.5, 0.6) is 5.75 Å². The fraction of sp³-hybridized carbons (Fsp3) is 0.667. The zero-order valence-electron chi connectivity index (χ0n) is 13.2. The van der Waals surface area contributed by atoms with Crippen LogP contribution in [0.25, 0.3) is 0 Å². The number of unbranched alkanes of at least 4 members (excludes halogenated alkanes) is 6. The van der Waals surface area contributed by atoms with E-state index in [1.807, 2.05) is 0 Å². The Bertz CT molecular complexity index is 447. The van der Waals surface area contributed by atoms with Crippen molar-refractivity contribution in [1.82, 2.24) is 0 Å². The topological polar surface area (TPSA) is 35.2 Å². The molecule has 1 atom stereocenters. The van der Waals surface area contributed by atoms with Gasteiger partial charge in [-0.15, -0.1) is 0 Å². The van der Waals surface area contributed by atoms with E-state index >= 15 is 0 Å². The third-order valence-corrected chi connectivity index (χ3v) is 4.75. The molecule has 0 spiro atoms. The van der Waals surface area contributed by atoms with Crippen molar-refractivity contribution in [1.29, 1.82) is 0 Å². The van der Waals surface area contributed by atoms with Crippen LogP contribution in [0, 0.1) is 0 Å². The second-order valence-corrected chi connectivity index (χ2v) is 7.01. The average Bonchev–Trinajstić information content (AvgIpc) is 2.93. The molecule has 0 aliphatic carbocycles. The number of ether oxygens (including phenoxy) is 1. The number of nitrogens with two attached hydrogens (primary N) is 1. The van der Waals surface area contributed by atoms with E-state index in [9.17, 15) is 0 Å². The van der Waals surface area contributed by atoms with Crippen LogP contribution in [0.15, 0.2) is 16.6 Å². The fourth-order valence-corrected chi connectivity index (χ4v) is 3.57. The number of halogens is 1. The van der Waals surface area contributed by atoms with Gasteiger partial charge in [0.1, 0.15) is 5.75 Å². The summed E-state index contributed by atoms with van der Waals surface area (Å²) in [6, 6.07) is 4.40. The zero-order chi connectivity index (χ0) is 15.1. The summed E-state index contributed by atoms with van der Waals surface area (Å²) < 4.78 is 6.90. The molecule has 2 nitrogen and oxygen atoms in total. The van der Waals surface area contributed by atoms with Crippen LogP contribution in [-0.2, 0) is 6.42 Å². The third kappa shape index (κ3) is 5.00. The van der Waals surface area contributed by atoms with Crippen molar-refractivity contribution in [3.05, 3.63) is 27.7 Å². The van der Waals surface area contributed by atoms with Crippen molar-refractivity contribution in [2.45, 2.75) is 70.8 Å². The first-order chi connectivity index (χ1) is 10.2. The Kier molecular flexibility index (Phi) is 7.05. The molecule has 0 bridgehead atoms. The van der Waals surface area contributed by atoms with Gasteiger partial charge in [0, 0.05) is 22.5 Å². The minimum absolute atomic E-state index is 0.102. The highest BCUT2D eigenvalue weighted by molar-refractivity contribution is 9.10. The Balaban J connectivity index is 1.77. The molecule has 0 radical (unpaired) electrons. The van der Waals surface area contributed by atoms with Gasteiger partial charge in [-0.2, -0.15) is 0 Å². The Hall–Kier alpha value is -0.540. The summed E-state index contributed by atoms with van der Waals surface area (Å²) in [6.07, 6.45) is 11.4. The molecule has 2 rings (SSSR count). The first-order valence-corrected chi connectivity index (χ1v) is 9.22. The summed E-state index contributed by atoms with van der Waals surface area (Å²) in [4.78, 5) is 0. The Labute approximate surface area is 137 Å². The van der Waals surface area contributed by atoms with E-state index in [0.717, 1.165) is 29.7 Å². The van der Waals surface area contributed by atoms with Gasteiger partial charge in [0.05, 0.1) is 6.61 Å². The van der Waals surface area contributed by atoms with Gasteiger partial charge in [-0.05, 0) is 24.1 Å². The predicted molar refractivity (Wildman–Crippen MR) is 92.9 cm³/mol. The van der Waals surface area contributed by atoms with Crippen LogP contribution in [0.3, 0.4) is 0 Å². The maximum Gasteiger partial charge on any atom is 0.127 e. The predicted octanol–water partition coefficient (Wildman–Crippen LogP) is 5.52. The molecule has 1 aromatic carbocycles. The molecule has 0 aromatic heterocycles. The van der Waals surface area contributed by atoms with E-state index in [1.54, 1.807) is 0 Å². The highest BCUT2D eigenvalue weighted by Crippen LogP contribution is 2.37. The minimum Gasteiger partial charge on any atom is -0.493 e. The van der Waals surface area contributed by atoms with Gasteiger partial charge in [0.2, 0.25) is 0 Å². The molecule has 1 aliphatic heterocycles. The van der Waals surface area contributed by atoms with E-state index in [4.69, 9.17) is 10.5 Å². The molecule has 1 aromatic rings. The standard InChI is InChI=1S/C18H28BrNO/c1-2-3-4-5-6-7-8-9-17(20)16-13-15(19)12-14-10-11-21-18(14)16/h12-13,17H,2-11,20H2,1H3. The summed E-state index contributed by atoms with van der Waals surface area (Å²) >= 11 is 3.59. The molecule has 0 saturated heterocycles. The summed E-state index contributed by atoms with van der Waals surface area (Å²) in [6.45, 7) is 3.06. The number of rotatable bonds is 9. The summed E-state index contributed by atoms with van der Waals surface area (Å²) in [5.41, 5.74) is 8.88. The van der Waals surface area contributed by atoms with Crippen molar-refractivity contribution in [3.63, 3.8) is 0 Å². The largest absolute Gasteiger partial charge is 0.493 e. The number of hydrogen-bond donors (Lipinski definition) is 1. The van der Waals surface area contributed by atoms with Gasteiger partial charge >= 0.3 is 0 Å². The smallest absolute Gasteiger partial charge is 0.127 e. The fourth-order valence-electron chi connectivity index (χ4n) is 3.05. The zero-order valence-corrected chi connectivity index (χ0v) is 14.8. The van der Waals surface area contributed by atoms with Crippen molar-refractivity contribution in [3.8, 4) is 5.75 Å². The first-order valence-electron chi connectivity index (χ1n) is 8.43. The lowest BCUT2D eigenvalue weighted by Gasteiger charge is -2.16. The molecule has 0 fully saturated rings. The SMILES string of the molecule is CCCCCCCCCC(N)c1cc(Br)cc2c1OCC2. The van der Waals surface area contributed by atoms with Crippen molar-refractivity contribution >= 4 is 15.9 Å². The molecule has 1 heterocycles. The molecule has 2 N–H and O–H groups in total. The van der Waals surface area contributed by atoms with Crippen molar-refractivity contribution in [2.24, 2.45) is 5.73 Å². The number of hydrogen-bond acceptors (Lipinski definition) is 2. The second-order valence-electron chi connectivity index (χ2n) is 6.10. The maximum atomic E-state index is 6.40. The summed E-state index contributed by atoms with van der Waals surface area (Å²) in [5.74, 6) is 1.05. The molecular weight excluding hydrogens is 326 g/mol. The summed E-state index contributed by atoms with van der Waals surface area (Å²) in [7, 11) is 0. The Morgan fingerprint density at radius 3 is 2.62 bits per heavy atom. The number of fused-ring (bicyclic) bond motifs is 1. The third-order valence-electron chi connectivity index (χ3n) is 4.30. The first kappa shape index (κ1) is 16.8. The lowest BCUT2D eigenvalue weighted by atomic mass is 9.97. The molecule has 1 aliphatic rings. The van der Waals surface area contributed by atoms with Crippen LogP contribution in [-0.4, -0.2) is 6.61 Å². The van der Waals surface area contributed by atoms with Crippen LogP contribution in [0.1, 0.15) is 75.5 Å². The maximum absolute atomic E-state index is 6.40. The van der Waals surface area contributed by atoms with E-state index in [0.29, 0.717) is 0 Å². The van der Waals surface area contributed by atoms with Crippen LogP contribution < -0.4 is 10.5 Å². The highest BCUT2D eigenvalue weighted by Gasteiger charge is 2.20. The quantitative estimate of drug-likeness (QED) is 0.592. The van der Waals surface area contributed by atoms with Crippen molar-refractivity contribution < 1.29 is 4.74 Å². The van der Waals surface area contributed by atoms with Gasteiger partial charge in [0.25, 0.3) is 0 Å². The highest BCUT2D eigenvalue weighted by atomic mass is 79.9. The van der Waals surface area contributed by atoms with Crippen LogP contribution in [0.4, 0.5) is 0 Å². The van der Waals surface area contributed by atoms with Gasteiger partial charge in [-0.3, -0.25) is 0 Å². The van der Waals surface area contributed by atoms with Gasteiger partial charge in [-0.1, -0.05) is 67.8 Å². The van der Waals surface area contributed by atoms with Gasteiger partial charge < -0.3 is 10.5 Å². The molecule has 21 heavy (non-hydrogen) atoms.